The lowest BCUT2D eigenvalue weighted by molar-refractivity contribution is 0.0364. The Hall–Kier alpha value is -4.41. The fraction of sp³-hybridized carbons (Fsp3) is 0.364. The van der Waals surface area contributed by atoms with Gasteiger partial charge in [0.2, 0.25) is 0 Å². The maximum atomic E-state index is 13.1. The van der Waals surface area contributed by atoms with Gasteiger partial charge in [-0.3, -0.25) is 14.7 Å². The monoisotopic (exact) mass is 585 g/mol. The predicted molar refractivity (Wildman–Crippen MR) is 172 cm³/mol. The quantitative estimate of drug-likeness (QED) is 0.211. The maximum Gasteiger partial charge on any atom is 0.274 e. The zero-order valence-electron chi connectivity index (χ0n) is 25.4. The predicted octanol–water partition coefficient (Wildman–Crippen LogP) is 5.53. The molecule has 1 aromatic carbocycles. The van der Waals surface area contributed by atoms with Crippen molar-refractivity contribution in [3.05, 3.63) is 103 Å². The summed E-state index contributed by atoms with van der Waals surface area (Å²) in [6, 6.07) is 16.8. The molecule has 0 atom stereocenters. The van der Waals surface area contributed by atoms with Gasteiger partial charge in [-0.05, 0) is 69.7 Å². The molecule has 4 rings (SSSR count). The summed E-state index contributed by atoms with van der Waals surface area (Å²) < 4.78 is 11.3. The van der Waals surface area contributed by atoms with E-state index in [4.69, 9.17) is 9.47 Å². The summed E-state index contributed by atoms with van der Waals surface area (Å²) in [7, 11) is 0. The highest BCUT2D eigenvalue weighted by Gasteiger charge is 2.16. The van der Waals surface area contributed by atoms with E-state index in [2.05, 4.69) is 48.9 Å². The molecule has 3 N–H and O–H groups in total. The van der Waals surface area contributed by atoms with Crippen LogP contribution in [-0.4, -0.2) is 70.7 Å². The molecule has 1 saturated heterocycles. The second-order valence-corrected chi connectivity index (χ2v) is 11.3. The van der Waals surface area contributed by atoms with Crippen LogP contribution in [0.4, 0.5) is 17.2 Å². The number of hydrogen-bond acceptors (Lipinski definition) is 9. The second-order valence-electron chi connectivity index (χ2n) is 11.3. The average molecular weight is 586 g/mol. The first kappa shape index (κ1) is 31.5. The number of pyridine rings is 2. The lowest BCUT2D eigenvalue weighted by Gasteiger charge is -2.30. The van der Waals surface area contributed by atoms with E-state index in [0.717, 1.165) is 63.0 Å². The van der Waals surface area contributed by atoms with Crippen LogP contribution in [-0.2, 0) is 16.0 Å². The van der Waals surface area contributed by atoms with E-state index < -0.39 is 5.60 Å². The first-order valence-electron chi connectivity index (χ1n) is 14.6. The summed E-state index contributed by atoms with van der Waals surface area (Å²) in [6.07, 6.45) is 4.45. The molecule has 43 heavy (non-hydrogen) atoms. The third kappa shape index (κ3) is 10.4. The lowest BCUT2D eigenvalue weighted by atomic mass is 10.2. The maximum absolute atomic E-state index is 13.1. The summed E-state index contributed by atoms with van der Waals surface area (Å²) in [6.45, 7) is 19.9. The molecule has 1 aliphatic heterocycles. The van der Waals surface area contributed by atoms with Crippen LogP contribution in [0.15, 0.2) is 91.9 Å². The number of rotatable bonds is 14. The third-order valence-corrected chi connectivity index (χ3v) is 6.63. The molecular weight excluding hydrogens is 542 g/mol. The van der Waals surface area contributed by atoms with Crippen molar-refractivity contribution in [3.63, 3.8) is 0 Å². The lowest BCUT2D eigenvalue weighted by Crippen LogP contribution is -2.38. The number of morpholine rings is 1. The minimum absolute atomic E-state index is 0.313. The number of aromatic nitrogens is 2. The second kappa shape index (κ2) is 15.2. The standard InChI is InChI=1S/C33H43N7O3/c1-25(36-31-13-8-9-16-34-31)40(18-10-17-39-19-21-42-22-20-39)24-27-14-15-30(35-23-27)32(41)38-29-12-7-6-11-28(29)37-26(2)43-33(3,4)5/h6-9,11-16,23,37H,1-2,10,17-22,24H2,3-5H3,(H,34,36)(H,38,41). The highest BCUT2D eigenvalue weighted by atomic mass is 16.5. The van der Waals surface area contributed by atoms with Crippen molar-refractivity contribution in [2.45, 2.75) is 39.3 Å². The zero-order chi connectivity index (χ0) is 30.7. The number of nitrogens with zero attached hydrogens (tertiary/aromatic N) is 4. The van der Waals surface area contributed by atoms with Crippen molar-refractivity contribution < 1.29 is 14.3 Å². The van der Waals surface area contributed by atoms with E-state index in [9.17, 15) is 4.79 Å². The number of carbonyl (C=O) groups is 1. The van der Waals surface area contributed by atoms with Crippen LogP contribution in [0.2, 0.25) is 0 Å². The summed E-state index contributed by atoms with van der Waals surface area (Å²) in [5.74, 6) is 1.57. The number of carbonyl (C=O) groups excluding carboxylic acids is 1. The van der Waals surface area contributed by atoms with Gasteiger partial charge in [-0.15, -0.1) is 0 Å². The molecule has 228 valence electrons. The highest BCUT2D eigenvalue weighted by Crippen LogP contribution is 2.25. The number of ether oxygens (including phenoxy) is 2. The van der Waals surface area contributed by atoms with Crippen LogP contribution >= 0.6 is 0 Å². The van der Waals surface area contributed by atoms with E-state index in [1.807, 2.05) is 69.3 Å². The summed E-state index contributed by atoms with van der Waals surface area (Å²) in [5.41, 5.74) is 2.15. The van der Waals surface area contributed by atoms with Gasteiger partial charge in [0.15, 0.2) is 5.88 Å². The van der Waals surface area contributed by atoms with E-state index in [1.165, 1.54) is 0 Å². The normalized spacial score (nSPS) is 13.6. The van der Waals surface area contributed by atoms with Crippen molar-refractivity contribution in [2.24, 2.45) is 0 Å². The molecule has 0 saturated carbocycles. The van der Waals surface area contributed by atoms with Crippen LogP contribution in [0.1, 0.15) is 43.2 Å². The largest absolute Gasteiger partial charge is 0.474 e. The van der Waals surface area contributed by atoms with Crippen LogP contribution < -0.4 is 16.0 Å². The SMILES string of the molecule is C=C(Nc1ccccc1NC(=O)c1ccc(CN(CCCN2CCOCC2)C(=C)Nc2ccccn2)cn1)OC(C)(C)C. The number of para-hydroxylation sites is 2. The van der Waals surface area contributed by atoms with Gasteiger partial charge in [-0.25, -0.2) is 4.98 Å². The van der Waals surface area contributed by atoms with Crippen molar-refractivity contribution >= 4 is 23.1 Å². The fourth-order valence-electron chi connectivity index (χ4n) is 4.59. The smallest absolute Gasteiger partial charge is 0.274 e. The Labute approximate surface area is 254 Å². The van der Waals surface area contributed by atoms with E-state index >= 15 is 0 Å². The summed E-state index contributed by atoms with van der Waals surface area (Å²) in [4.78, 5) is 26.6. The third-order valence-electron chi connectivity index (χ3n) is 6.63. The Morgan fingerprint density at radius 1 is 0.977 bits per heavy atom. The average Bonchev–Trinajstić information content (AvgIpc) is 2.98. The Bertz CT molecular complexity index is 1350. The van der Waals surface area contributed by atoms with E-state index in [0.29, 0.717) is 29.5 Å². The van der Waals surface area contributed by atoms with Crippen LogP contribution in [0.3, 0.4) is 0 Å². The van der Waals surface area contributed by atoms with Gasteiger partial charge in [0.1, 0.15) is 17.1 Å². The number of benzene rings is 1. The molecule has 0 bridgehead atoms. The Balaban J connectivity index is 1.38. The van der Waals surface area contributed by atoms with Crippen LogP contribution in [0, 0.1) is 0 Å². The molecule has 1 fully saturated rings. The molecule has 0 radical (unpaired) electrons. The van der Waals surface area contributed by atoms with Gasteiger partial charge < -0.3 is 30.3 Å². The molecule has 3 aromatic rings. The molecule has 0 unspecified atom stereocenters. The molecule has 10 heteroatoms. The molecule has 1 amide bonds. The zero-order valence-corrected chi connectivity index (χ0v) is 25.4. The van der Waals surface area contributed by atoms with Crippen molar-refractivity contribution in [3.8, 4) is 0 Å². The van der Waals surface area contributed by atoms with E-state index in [1.54, 1.807) is 18.5 Å². The molecule has 10 nitrogen and oxygen atoms in total. The van der Waals surface area contributed by atoms with Crippen molar-refractivity contribution in [1.29, 1.82) is 0 Å². The van der Waals surface area contributed by atoms with Crippen molar-refractivity contribution in [2.75, 3.05) is 55.3 Å². The Morgan fingerprint density at radius 3 is 2.35 bits per heavy atom. The summed E-state index contributed by atoms with van der Waals surface area (Å²) in [5, 5.41) is 9.40. The minimum Gasteiger partial charge on any atom is -0.474 e. The Morgan fingerprint density at radius 2 is 1.70 bits per heavy atom. The van der Waals surface area contributed by atoms with Crippen LogP contribution in [0.25, 0.3) is 0 Å². The summed E-state index contributed by atoms with van der Waals surface area (Å²) >= 11 is 0. The number of nitrogens with one attached hydrogen (secondary N) is 3. The first-order valence-corrected chi connectivity index (χ1v) is 14.6. The van der Waals surface area contributed by atoms with E-state index in [-0.39, 0.29) is 5.91 Å². The molecule has 0 spiro atoms. The van der Waals surface area contributed by atoms with Gasteiger partial charge >= 0.3 is 0 Å². The van der Waals surface area contributed by atoms with Gasteiger partial charge in [0.05, 0.1) is 30.4 Å². The highest BCUT2D eigenvalue weighted by molar-refractivity contribution is 6.04. The number of hydrogen-bond donors (Lipinski definition) is 3. The fourth-order valence-corrected chi connectivity index (χ4v) is 4.59. The van der Waals surface area contributed by atoms with Crippen LogP contribution in [0.5, 0.6) is 0 Å². The number of amides is 1. The number of anilines is 3. The first-order chi connectivity index (χ1) is 20.7. The van der Waals surface area contributed by atoms with Gasteiger partial charge in [0, 0.05) is 45.1 Å². The van der Waals surface area contributed by atoms with Gasteiger partial charge in [0.25, 0.3) is 5.91 Å². The van der Waals surface area contributed by atoms with Gasteiger partial charge in [-0.2, -0.15) is 0 Å². The molecule has 2 aromatic heterocycles. The topological polar surface area (TPSA) is 104 Å². The molecule has 3 heterocycles. The van der Waals surface area contributed by atoms with Gasteiger partial charge in [-0.1, -0.05) is 30.8 Å². The Kier molecular flexibility index (Phi) is 11.1. The molecular formula is C33H43N7O3. The molecule has 1 aliphatic rings. The van der Waals surface area contributed by atoms with Crippen molar-refractivity contribution in [1.82, 2.24) is 19.8 Å². The minimum atomic E-state index is -0.396. The molecule has 0 aliphatic carbocycles.